The van der Waals surface area contributed by atoms with Crippen molar-refractivity contribution in [3.05, 3.63) is 35.8 Å². The molecule has 160 valence electrons. The van der Waals surface area contributed by atoms with Gasteiger partial charge in [-0.2, -0.15) is 5.26 Å². The Balaban J connectivity index is 1.56. The smallest absolute Gasteiger partial charge is 0.234 e. The number of fused-ring (bicyclic) bond motifs is 2. The van der Waals surface area contributed by atoms with Crippen LogP contribution in [-0.2, 0) is 9.47 Å². The van der Waals surface area contributed by atoms with Gasteiger partial charge in [-0.15, -0.1) is 11.3 Å². The van der Waals surface area contributed by atoms with Crippen LogP contribution in [0.3, 0.4) is 0 Å². The van der Waals surface area contributed by atoms with Gasteiger partial charge in [0.1, 0.15) is 23.0 Å². The molecule has 1 aliphatic carbocycles. The summed E-state index contributed by atoms with van der Waals surface area (Å²) >= 11 is 1.56. The number of hydrogen-bond donors (Lipinski definition) is 2. The number of nitrogens with zero attached hydrogens (tertiary/aromatic N) is 4. The van der Waals surface area contributed by atoms with Crippen molar-refractivity contribution < 1.29 is 14.6 Å². The summed E-state index contributed by atoms with van der Waals surface area (Å²) in [6.45, 7) is 5.65. The van der Waals surface area contributed by atoms with E-state index in [1.54, 1.807) is 11.3 Å². The third kappa shape index (κ3) is 3.55. The summed E-state index contributed by atoms with van der Waals surface area (Å²) in [5.41, 5.74) is 2.38. The lowest BCUT2D eigenvalue weighted by Gasteiger charge is -2.24. The molecule has 1 saturated heterocycles. The molecule has 0 amide bonds. The minimum absolute atomic E-state index is 0.0236. The zero-order chi connectivity index (χ0) is 21.8. The lowest BCUT2D eigenvalue weighted by atomic mass is 10.1. The third-order valence-electron chi connectivity index (χ3n) is 5.84. The second kappa shape index (κ2) is 7.50. The van der Waals surface area contributed by atoms with Crippen molar-refractivity contribution in [3.63, 3.8) is 0 Å². The van der Waals surface area contributed by atoms with Crippen LogP contribution < -0.4 is 5.32 Å². The topological polar surface area (TPSA) is 113 Å². The highest BCUT2D eigenvalue weighted by atomic mass is 32.1. The highest BCUT2D eigenvalue weighted by molar-refractivity contribution is 7.21. The van der Waals surface area contributed by atoms with Crippen molar-refractivity contribution in [2.24, 2.45) is 5.92 Å². The second-order valence-corrected chi connectivity index (χ2v) is 9.48. The standard InChI is InChI=1S/C22H23N5O3S/c1-11-17(21-26-13-6-4-5-7-15(13)31-21)20(27-16(9-23)24-11)25-14-8-12(10-28)18-19(14)30-22(2,3)29-18/h4-7,12,14,18-19,28H,8,10H2,1-3H3,(H,24,25,27). The monoisotopic (exact) mass is 437 g/mol. The van der Waals surface area contributed by atoms with E-state index in [1.807, 2.05) is 51.1 Å². The van der Waals surface area contributed by atoms with Gasteiger partial charge in [0.2, 0.25) is 5.82 Å². The minimum Gasteiger partial charge on any atom is -0.396 e. The van der Waals surface area contributed by atoms with Gasteiger partial charge in [-0.25, -0.2) is 15.0 Å². The first kappa shape index (κ1) is 20.3. The normalized spacial score (nSPS) is 26.7. The first-order valence-corrected chi connectivity index (χ1v) is 11.1. The van der Waals surface area contributed by atoms with Gasteiger partial charge in [-0.3, -0.25) is 0 Å². The predicted octanol–water partition coefficient (Wildman–Crippen LogP) is 3.25. The molecule has 3 heterocycles. The molecule has 1 aromatic carbocycles. The summed E-state index contributed by atoms with van der Waals surface area (Å²) < 4.78 is 13.3. The molecular formula is C22H23N5O3S. The maximum Gasteiger partial charge on any atom is 0.234 e. The number of aliphatic hydroxyl groups excluding tert-OH is 1. The average molecular weight is 438 g/mol. The number of anilines is 1. The zero-order valence-electron chi connectivity index (χ0n) is 17.5. The van der Waals surface area contributed by atoms with Crippen molar-refractivity contribution in [1.82, 2.24) is 15.0 Å². The molecule has 3 aromatic rings. The number of hydrogen-bond acceptors (Lipinski definition) is 9. The van der Waals surface area contributed by atoms with Crippen LogP contribution in [0, 0.1) is 24.2 Å². The van der Waals surface area contributed by atoms with Crippen LogP contribution in [0.15, 0.2) is 24.3 Å². The van der Waals surface area contributed by atoms with Gasteiger partial charge in [0.25, 0.3) is 0 Å². The second-order valence-electron chi connectivity index (χ2n) is 8.45. The molecule has 2 fully saturated rings. The molecule has 0 radical (unpaired) electrons. The molecule has 1 saturated carbocycles. The first-order chi connectivity index (χ1) is 14.9. The predicted molar refractivity (Wildman–Crippen MR) is 117 cm³/mol. The molecule has 4 atom stereocenters. The number of aryl methyl sites for hydroxylation is 1. The van der Waals surface area contributed by atoms with Crippen LogP contribution in [-0.4, -0.2) is 50.7 Å². The van der Waals surface area contributed by atoms with E-state index < -0.39 is 5.79 Å². The van der Waals surface area contributed by atoms with Gasteiger partial charge < -0.3 is 19.9 Å². The first-order valence-electron chi connectivity index (χ1n) is 10.3. The van der Waals surface area contributed by atoms with Crippen LogP contribution in [0.25, 0.3) is 20.8 Å². The van der Waals surface area contributed by atoms with E-state index >= 15 is 0 Å². The maximum atomic E-state index is 9.87. The summed E-state index contributed by atoms with van der Waals surface area (Å²) in [5, 5.41) is 23.6. The lowest BCUT2D eigenvalue weighted by molar-refractivity contribution is -0.158. The lowest BCUT2D eigenvalue weighted by Crippen LogP contribution is -2.35. The van der Waals surface area contributed by atoms with E-state index in [4.69, 9.17) is 14.5 Å². The largest absolute Gasteiger partial charge is 0.396 e. The van der Waals surface area contributed by atoms with Gasteiger partial charge in [-0.1, -0.05) is 12.1 Å². The van der Waals surface area contributed by atoms with Gasteiger partial charge in [0, 0.05) is 12.5 Å². The molecule has 9 heteroatoms. The minimum atomic E-state index is -0.710. The molecule has 0 bridgehead atoms. The fraction of sp³-hybridized carbons (Fsp3) is 0.455. The van der Waals surface area contributed by atoms with Crippen molar-refractivity contribution in [1.29, 1.82) is 5.26 Å². The SMILES string of the molecule is Cc1nc(C#N)nc(NC2CC(CO)C3OC(C)(C)OC23)c1-c1nc2ccccc2s1. The Bertz CT molecular complexity index is 1150. The molecule has 1 aliphatic heterocycles. The molecule has 5 rings (SSSR count). The Morgan fingerprint density at radius 2 is 2.00 bits per heavy atom. The molecule has 31 heavy (non-hydrogen) atoms. The van der Waals surface area contributed by atoms with Crippen molar-refractivity contribution >= 4 is 27.4 Å². The quantitative estimate of drug-likeness (QED) is 0.640. The molecule has 4 unspecified atom stereocenters. The summed E-state index contributed by atoms with van der Waals surface area (Å²) in [4.78, 5) is 13.6. The van der Waals surface area contributed by atoms with E-state index in [0.717, 1.165) is 20.8 Å². The van der Waals surface area contributed by atoms with Crippen LogP contribution in [0.5, 0.6) is 0 Å². The Labute approximate surface area is 183 Å². The number of nitriles is 1. The van der Waals surface area contributed by atoms with Crippen molar-refractivity contribution in [2.45, 2.75) is 51.2 Å². The third-order valence-corrected chi connectivity index (χ3v) is 6.89. The fourth-order valence-electron chi connectivity index (χ4n) is 4.54. The number of thiazole rings is 1. The van der Waals surface area contributed by atoms with Crippen molar-refractivity contribution in [2.75, 3.05) is 11.9 Å². The van der Waals surface area contributed by atoms with Gasteiger partial charge in [0.15, 0.2) is 5.79 Å². The highest BCUT2D eigenvalue weighted by Gasteiger charge is 2.54. The van der Waals surface area contributed by atoms with Crippen molar-refractivity contribution in [3.8, 4) is 16.6 Å². The molecule has 2 N–H and O–H groups in total. The van der Waals surface area contributed by atoms with E-state index in [-0.39, 0.29) is 36.6 Å². The summed E-state index contributed by atoms with van der Waals surface area (Å²) in [6, 6.07) is 9.86. The number of aromatic nitrogens is 3. The summed E-state index contributed by atoms with van der Waals surface area (Å²) in [7, 11) is 0. The number of benzene rings is 1. The fourth-order valence-corrected chi connectivity index (χ4v) is 5.61. The number of nitrogens with one attached hydrogen (secondary N) is 1. The zero-order valence-corrected chi connectivity index (χ0v) is 18.3. The Kier molecular flexibility index (Phi) is 4.90. The van der Waals surface area contributed by atoms with E-state index in [9.17, 15) is 10.4 Å². The van der Waals surface area contributed by atoms with Crippen LogP contribution in [0.4, 0.5) is 5.82 Å². The van der Waals surface area contributed by atoms with Gasteiger partial charge >= 0.3 is 0 Å². The van der Waals surface area contributed by atoms with Crippen LogP contribution in [0.1, 0.15) is 31.8 Å². The maximum absolute atomic E-state index is 9.87. The van der Waals surface area contributed by atoms with E-state index in [1.165, 1.54) is 0 Å². The molecule has 2 aliphatic rings. The molecule has 2 aromatic heterocycles. The molecule has 0 spiro atoms. The van der Waals surface area contributed by atoms with E-state index in [2.05, 4.69) is 15.3 Å². The Morgan fingerprint density at radius 1 is 1.23 bits per heavy atom. The Morgan fingerprint density at radius 3 is 2.74 bits per heavy atom. The average Bonchev–Trinajstić information content (AvgIpc) is 3.38. The van der Waals surface area contributed by atoms with Gasteiger partial charge in [-0.05, 0) is 39.3 Å². The molecular weight excluding hydrogens is 414 g/mol. The number of ether oxygens (including phenoxy) is 2. The summed E-state index contributed by atoms with van der Waals surface area (Å²) in [5.74, 6) is -0.0902. The number of aliphatic hydroxyl groups is 1. The van der Waals surface area contributed by atoms with Crippen LogP contribution >= 0.6 is 11.3 Å². The highest BCUT2D eigenvalue weighted by Crippen LogP contribution is 2.43. The molecule has 8 nitrogen and oxygen atoms in total. The number of para-hydroxylation sites is 1. The summed E-state index contributed by atoms with van der Waals surface area (Å²) in [6.07, 6.45) is 0.254. The number of rotatable bonds is 4. The van der Waals surface area contributed by atoms with Crippen LogP contribution in [0.2, 0.25) is 0 Å². The van der Waals surface area contributed by atoms with E-state index in [0.29, 0.717) is 17.9 Å². The van der Waals surface area contributed by atoms with Gasteiger partial charge in [0.05, 0.1) is 33.6 Å². The Hall–Kier alpha value is -2.64.